The van der Waals surface area contributed by atoms with E-state index in [1.807, 2.05) is 28.7 Å². The maximum atomic E-state index is 10.9. The number of nitrogens with one attached hydrogen (secondary N) is 1. The van der Waals surface area contributed by atoms with Gasteiger partial charge in [-0.2, -0.15) is 0 Å². The highest BCUT2D eigenvalue weighted by atomic mass is 127. The van der Waals surface area contributed by atoms with Crippen LogP contribution in [0.3, 0.4) is 0 Å². The first-order valence-corrected chi connectivity index (χ1v) is 7.98. The van der Waals surface area contributed by atoms with Crippen molar-refractivity contribution in [3.8, 4) is 0 Å². The van der Waals surface area contributed by atoms with Crippen LogP contribution in [-0.4, -0.2) is 17.0 Å². The average Bonchev–Trinajstić information content (AvgIpc) is 2.41. The molecule has 5 nitrogen and oxygen atoms in total. The zero-order chi connectivity index (χ0) is 14.8. The lowest BCUT2D eigenvalue weighted by atomic mass is 9.73. The Morgan fingerprint density at radius 1 is 1.55 bits per heavy atom. The standard InChI is InChI=1S/C14H20IN3O2/c1-10-4-2-3-7-14(10,9-16)17-11-5-6-13(18(19)20)12(15)8-11/h5-6,8,10,17H,2-4,7,9,16H2,1H3. The fourth-order valence-electron chi connectivity index (χ4n) is 2.97. The summed E-state index contributed by atoms with van der Waals surface area (Å²) in [5, 5.41) is 14.4. The molecule has 6 heteroatoms. The highest BCUT2D eigenvalue weighted by molar-refractivity contribution is 14.1. The molecule has 0 heterocycles. The van der Waals surface area contributed by atoms with Crippen molar-refractivity contribution in [1.82, 2.24) is 0 Å². The number of hydrogen-bond donors (Lipinski definition) is 2. The van der Waals surface area contributed by atoms with Gasteiger partial charge in [0.2, 0.25) is 0 Å². The molecular formula is C14H20IN3O2. The first-order chi connectivity index (χ1) is 9.48. The summed E-state index contributed by atoms with van der Waals surface area (Å²) >= 11 is 2.00. The Bertz CT molecular complexity index is 509. The first-order valence-electron chi connectivity index (χ1n) is 6.91. The summed E-state index contributed by atoms with van der Waals surface area (Å²) in [4.78, 5) is 10.5. The summed E-state index contributed by atoms with van der Waals surface area (Å²) in [5.74, 6) is 0.508. The normalized spacial score (nSPS) is 26.2. The van der Waals surface area contributed by atoms with Gasteiger partial charge in [-0.25, -0.2) is 0 Å². The van der Waals surface area contributed by atoms with Crippen LogP contribution in [0, 0.1) is 19.6 Å². The van der Waals surface area contributed by atoms with Crippen molar-refractivity contribution in [1.29, 1.82) is 0 Å². The molecule has 1 saturated carbocycles. The Labute approximate surface area is 132 Å². The second kappa shape index (κ2) is 6.26. The van der Waals surface area contributed by atoms with E-state index in [9.17, 15) is 10.1 Å². The molecule has 2 rings (SSSR count). The molecule has 0 saturated heterocycles. The van der Waals surface area contributed by atoms with Gasteiger partial charge in [0.25, 0.3) is 5.69 Å². The molecule has 0 radical (unpaired) electrons. The summed E-state index contributed by atoms with van der Waals surface area (Å²) in [5.41, 5.74) is 7.00. The van der Waals surface area contributed by atoms with Crippen LogP contribution in [0.5, 0.6) is 0 Å². The molecule has 1 fully saturated rings. The minimum absolute atomic E-state index is 0.0859. The van der Waals surface area contributed by atoms with Gasteiger partial charge in [-0.1, -0.05) is 19.8 Å². The smallest absolute Gasteiger partial charge is 0.282 e. The third-order valence-corrected chi connectivity index (χ3v) is 5.22. The largest absolute Gasteiger partial charge is 0.378 e. The Hall–Kier alpha value is -0.890. The quantitative estimate of drug-likeness (QED) is 0.469. The second-order valence-electron chi connectivity index (χ2n) is 5.56. The van der Waals surface area contributed by atoms with E-state index < -0.39 is 0 Å². The number of nitrogens with two attached hydrogens (primary N) is 1. The number of nitrogens with zero attached hydrogens (tertiary/aromatic N) is 1. The van der Waals surface area contributed by atoms with E-state index in [0.29, 0.717) is 16.0 Å². The molecule has 0 aromatic heterocycles. The van der Waals surface area contributed by atoms with E-state index in [0.717, 1.165) is 12.1 Å². The Morgan fingerprint density at radius 3 is 2.85 bits per heavy atom. The fourth-order valence-corrected chi connectivity index (χ4v) is 3.69. The molecule has 1 aliphatic rings. The summed E-state index contributed by atoms with van der Waals surface area (Å²) in [7, 11) is 0. The van der Waals surface area contributed by atoms with Crippen LogP contribution in [0.25, 0.3) is 0 Å². The van der Waals surface area contributed by atoms with Gasteiger partial charge in [-0.05, 0) is 53.5 Å². The Kier molecular flexibility index (Phi) is 4.85. The third kappa shape index (κ3) is 3.06. The summed E-state index contributed by atoms with van der Waals surface area (Å²) in [6, 6.07) is 5.16. The molecule has 3 N–H and O–H groups in total. The topological polar surface area (TPSA) is 81.2 Å². The van der Waals surface area contributed by atoms with Crippen LogP contribution >= 0.6 is 22.6 Å². The van der Waals surface area contributed by atoms with Gasteiger partial charge in [0.1, 0.15) is 0 Å². The van der Waals surface area contributed by atoms with Crippen molar-refractivity contribution in [2.24, 2.45) is 11.7 Å². The van der Waals surface area contributed by atoms with Crippen molar-refractivity contribution < 1.29 is 4.92 Å². The lowest BCUT2D eigenvalue weighted by Crippen LogP contribution is -2.52. The molecule has 1 aromatic rings. The van der Waals surface area contributed by atoms with Crippen LogP contribution < -0.4 is 11.1 Å². The number of benzene rings is 1. The van der Waals surface area contributed by atoms with E-state index in [2.05, 4.69) is 12.2 Å². The Balaban J connectivity index is 2.23. The van der Waals surface area contributed by atoms with E-state index in [4.69, 9.17) is 5.73 Å². The predicted octanol–water partition coefficient (Wildman–Crippen LogP) is 3.52. The lowest BCUT2D eigenvalue weighted by molar-refractivity contribution is -0.385. The van der Waals surface area contributed by atoms with Gasteiger partial charge in [-0.15, -0.1) is 0 Å². The van der Waals surface area contributed by atoms with Crippen molar-refractivity contribution in [3.63, 3.8) is 0 Å². The maximum Gasteiger partial charge on any atom is 0.282 e. The number of halogens is 1. The molecule has 0 amide bonds. The van der Waals surface area contributed by atoms with Gasteiger partial charge in [0.15, 0.2) is 0 Å². The maximum absolute atomic E-state index is 10.9. The highest BCUT2D eigenvalue weighted by Crippen LogP contribution is 2.36. The zero-order valence-electron chi connectivity index (χ0n) is 11.6. The van der Waals surface area contributed by atoms with Crippen molar-refractivity contribution >= 4 is 34.0 Å². The van der Waals surface area contributed by atoms with Crippen LogP contribution in [0.4, 0.5) is 11.4 Å². The SMILES string of the molecule is CC1CCCCC1(CN)Nc1ccc([N+](=O)[O-])c(I)c1. The fraction of sp³-hybridized carbons (Fsp3) is 0.571. The molecule has 1 aromatic carbocycles. The highest BCUT2D eigenvalue weighted by Gasteiger charge is 2.36. The molecule has 110 valence electrons. The van der Waals surface area contributed by atoms with E-state index >= 15 is 0 Å². The summed E-state index contributed by atoms with van der Waals surface area (Å²) in [6.07, 6.45) is 4.66. The van der Waals surface area contributed by atoms with Crippen LogP contribution in [0.1, 0.15) is 32.6 Å². The van der Waals surface area contributed by atoms with Gasteiger partial charge >= 0.3 is 0 Å². The number of anilines is 1. The monoisotopic (exact) mass is 389 g/mol. The molecule has 0 bridgehead atoms. The zero-order valence-corrected chi connectivity index (χ0v) is 13.7. The van der Waals surface area contributed by atoms with E-state index in [1.54, 1.807) is 12.1 Å². The average molecular weight is 389 g/mol. The number of hydrogen-bond acceptors (Lipinski definition) is 4. The van der Waals surface area contributed by atoms with Crippen LogP contribution in [0.2, 0.25) is 0 Å². The number of nitro benzene ring substituents is 1. The molecule has 0 aliphatic heterocycles. The van der Waals surface area contributed by atoms with E-state index in [-0.39, 0.29) is 16.1 Å². The van der Waals surface area contributed by atoms with Gasteiger partial charge < -0.3 is 11.1 Å². The molecule has 2 atom stereocenters. The van der Waals surface area contributed by atoms with E-state index in [1.165, 1.54) is 19.3 Å². The minimum Gasteiger partial charge on any atom is -0.378 e. The molecular weight excluding hydrogens is 369 g/mol. The van der Waals surface area contributed by atoms with Crippen molar-refractivity contribution in [2.45, 2.75) is 38.1 Å². The minimum atomic E-state index is -0.354. The third-order valence-electron chi connectivity index (χ3n) is 4.36. The predicted molar refractivity (Wildman–Crippen MR) is 88.9 cm³/mol. The van der Waals surface area contributed by atoms with Gasteiger partial charge in [0, 0.05) is 18.3 Å². The lowest BCUT2D eigenvalue weighted by Gasteiger charge is -2.43. The summed E-state index contributed by atoms with van der Waals surface area (Å²) < 4.78 is 0.647. The molecule has 20 heavy (non-hydrogen) atoms. The summed E-state index contributed by atoms with van der Waals surface area (Å²) in [6.45, 7) is 2.82. The second-order valence-corrected chi connectivity index (χ2v) is 6.72. The molecule has 1 aliphatic carbocycles. The van der Waals surface area contributed by atoms with Crippen LogP contribution in [-0.2, 0) is 0 Å². The Morgan fingerprint density at radius 2 is 2.30 bits per heavy atom. The van der Waals surface area contributed by atoms with Crippen molar-refractivity contribution in [2.75, 3.05) is 11.9 Å². The van der Waals surface area contributed by atoms with Gasteiger partial charge in [-0.3, -0.25) is 10.1 Å². The first kappa shape index (κ1) is 15.5. The number of rotatable bonds is 4. The van der Waals surface area contributed by atoms with Crippen molar-refractivity contribution in [3.05, 3.63) is 31.9 Å². The van der Waals surface area contributed by atoms with Crippen LogP contribution in [0.15, 0.2) is 18.2 Å². The molecule has 2 unspecified atom stereocenters. The number of nitro groups is 1. The molecule has 0 spiro atoms. The van der Waals surface area contributed by atoms with Gasteiger partial charge in [0.05, 0.1) is 14.0 Å².